The molecule has 5 heteroatoms. The molecule has 1 saturated carbocycles. The quantitative estimate of drug-likeness (QED) is 0.584. The van der Waals surface area contributed by atoms with E-state index < -0.39 is 0 Å². The number of carbonyl (C=O) groups is 1. The Labute approximate surface area is 189 Å². The fourth-order valence-corrected chi connectivity index (χ4v) is 5.50. The Morgan fingerprint density at radius 2 is 1.94 bits per heavy atom. The van der Waals surface area contributed by atoms with Gasteiger partial charge in [0.05, 0.1) is 11.7 Å². The Morgan fingerprint density at radius 1 is 1.09 bits per heavy atom. The lowest BCUT2D eigenvalue weighted by atomic mass is 9.79. The number of fused-ring (bicyclic) bond motifs is 1. The average Bonchev–Trinajstić information content (AvgIpc) is 3.44. The van der Waals surface area contributed by atoms with Crippen LogP contribution in [-0.4, -0.2) is 35.4 Å². The third kappa shape index (κ3) is 3.99. The van der Waals surface area contributed by atoms with E-state index in [1.165, 1.54) is 22.3 Å². The number of aromatic nitrogens is 2. The van der Waals surface area contributed by atoms with Crippen LogP contribution in [0.1, 0.15) is 38.2 Å². The third-order valence-electron chi connectivity index (χ3n) is 7.11. The zero-order chi connectivity index (χ0) is 21.9. The fraction of sp³-hybridized carbons (Fsp3) is 0.370. The minimum absolute atomic E-state index is 0.156. The zero-order valence-electron chi connectivity index (χ0n) is 18.6. The first kappa shape index (κ1) is 20.7. The van der Waals surface area contributed by atoms with Gasteiger partial charge < -0.3 is 5.32 Å². The van der Waals surface area contributed by atoms with Gasteiger partial charge in [0.2, 0.25) is 5.91 Å². The van der Waals surface area contributed by atoms with E-state index in [-0.39, 0.29) is 11.8 Å². The van der Waals surface area contributed by atoms with Gasteiger partial charge in [-0.05, 0) is 78.8 Å². The Bertz CT molecular complexity index is 1160. The molecule has 0 saturated heterocycles. The van der Waals surface area contributed by atoms with Crippen LogP contribution in [0.2, 0.25) is 0 Å². The molecule has 1 aromatic heterocycles. The standard InChI is InChI=1S/C27H30N4O/c1-2-29-27(32)21-11-10-20(16-21)24-13-15-28-14-12-23(24)19-8-6-18(7-9-19)22-4-3-5-26-25(22)17-30-31-26/h3-9,12,14,17,20-21,24H,2,10-11,13,15-16H2,1H3,(H,29,32)(H,30,31). The second-order valence-corrected chi connectivity index (χ2v) is 8.95. The number of aromatic amines is 1. The highest BCUT2D eigenvalue weighted by Crippen LogP contribution is 2.44. The number of amides is 1. The number of rotatable bonds is 5. The summed E-state index contributed by atoms with van der Waals surface area (Å²) in [5.41, 5.74) is 6.06. The molecule has 164 valence electrons. The Hall–Kier alpha value is -3.21. The number of carbonyl (C=O) groups excluding carboxylic acids is 1. The van der Waals surface area contributed by atoms with Crippen molar-refractivity contribution in [2.75, 3.05) is 13.1 Å². The SMILES string of the molecule is CCNC(=O)C1CCC(C2CCN=CC=C2c2ccc(-c3cccc4[nH]ncc34)cc2)C1. The maximum atomic E-state index is 12.4. The molecular formula is C27H30N4O. The summed E-state index contributed by atoms with van der Waals surface area (Å²) >= 11 is 0. The van der Waals surface area contributed by atoms with Crippen molar-refractivity contribution >= 4 is 28.6 Å². The molecule has 3 atom stereocenters. The zero-order valence-corrected chi connectivity index (χ0v) is 18.6. The number of benzene rings is 2. The topological polar surface area (TPSA) is 70.1 Å². The molecule has 0 radical (unpaired) electrons. The predicted octanol–water partition coefficient (Wildman–Crippen LogP) is 5.26. The molecule has 1 aliphatic heterocycles. The van der Waals surface area contributed by atoms with E-state index in [1.54, 1.807) is 0 Å². The maximum absolute atomic E-state index is 12.4. The first-order valence-electron chi connectivity index (χ1n) is 11.7. The smallest absolute Gasteiger partial charge is 0.223 e. The number of allylic oxidation sites excluding steroid dienone is 2. The normalized spacial score (nSPS) is 23.2. The molecule has 5 rings (SSSR count). The second-order valence-electron chi connectivity index (χ2n) is 8.95. The first-order chi connectivity index (χ1) is 15.7. The van der Waals surface area contributed by atoms with Crippen LogP contribution < -0.4 is 5.32 Å². The summed E-state index contributed by atoms with van der Waals surface area (Å²) in [5.74, 6) is 1.36. The van der Waals surface area contributed by atoms with Gasteiger partial charge >= 0.3 is 0 Å². The van der Waals surface area contributed by atoms with Gasteiger partial charge in [-0.25, -0.2) is 0 Å². The summed E-state index contributed by atoms with van der Waals surface area (Å²) < 4.78 is 0. The van der Waals surface area contributed by atoms with Crippen molar-refractivity contribution in [2.24, 2.45) is 22.7 Å². The van der Waals surface area contributed by atoms with E-state index in [0.717, 1.165) is 43.1 Å². The Morgan fingerprint density at radius 3 is 2.78 bits per heavy atom. The Balaban J connectivity index is 1.40. The highest BCUT2D eigenvalue weighted by atomic mass is 16.1. The average molecular weight is 427 g/mol. The van der Waals surface area contributed by atoms with E-state index in [9.17, 15) is 4.79 Å². The Kier molecular flexibility index (Phi) is 5.89. The number of H-pyrrole nitrogens is 1. The number of nitrogens with one attached hydrogen (secondary N) is 2. The highest BCUT2D eigenvalue weighted by molar-refractivity contribution is 5.94. The number of hydrogen-bond acceptors (Lipinski definition) is 3. The summed E-state index contributed by atoms with van der Waals surface area (Å²) in [6, 6.07) is 15.2. The van der Waals surface area contributed by atoms with Crippen molar-refractivity contribution in [3.05, 3.63) is 60.3 Å². The van der Waals surface area contributed by atoms with Crippen molar-refractivity contribution in [2.45, 2.75) is 32.6 Å². The van der Waals surface area contributed by atoms with Crippen LogP contribution in [-0.2, 0) is 4.79 Å². The molecular weight excluding hydrogens is 396 g/mol. The minimum Gasteiger partial charge on any atom is -0.356 e. The molecule has 0 bridgehead atoms. The monoisotopic (exact) mass is 426 g/mol. The third-order valence-corrected chi connectivity index (χ3v) is 7.11. The lowest BCUT2D eigenvalue weighted by Crippen LogP contribution is -2.29. The van der Waals surface area contributed by atoms with Crippen molar-refractivity contribution < 1.29 is 4.79 Å². The maximum Gasteiger partial charge on any atom is 0.223 e. The molecule has 1 amide bonds. The number of hydrogen-bond donors (Lipinski definition) is 2. The summed E-state index contributed by atoms with van der Waals surface area (Å²) in [4.78, 5) is 16.9. The summed E-state index contributed by atoms with van der Waals surface area (Å²) in [7, 11) is 0. The van der Waals surface area contributed by atoms with Crippen molar-refractivity contribution in [1.29, 1.82) is 0 Å². The van der Waals surface area contributed by atoms with E-state index >= 15 is 0 Å². The molecule has 32 heavy (non-hydrogen) atoms. The molecule has 2 aromatic carbocycles. The van der Waals surface area contributed by atoms with E-state index in [4.69, 9.17) is 0 Å². The van der Waals surface area contributed by atoms with Crippen molar-refractivity contribution in [1.82, 2.24) is 15.5 Å². The summed E-state index contributed by atoms with van der Waals surface area (Å²) in [5, 5.41) is 11.4. The van der Waals surface area contributed by atoms with Gasteiger partial charge in [-0.1, -0.05) is 36.4 Å². The van der Waals surface area contributed by atoms with Crippen LogP contribution in [0.15, 0.2) is 59.7 Å². The summed E-state index contributed by atoms with van der Waals surface area (Å²) in [6.07, 6.45) is 10.2. The highest BCUT2D eigenvalue weighted by Gasteiger charge is 2.36. The van der Waals surface area contributed by atoms with Gasteiger partial charge in [0, 0.05) is 30.6 Å². The predicted molar refractivity (Wildman–Crippen MR) is 130 cm³/mol. The van der Waals surface area contributed by atoms with Crippen LogP contribution in [0.5, 0.6) is 0 Å². The minimum atomic E-state index is 0.156. The molecule has 2 aliphatic rings. The van der Waals surface area contributed by atoms with Gasteiger partial charge in [-0.2, -0.15) is 5.10 Å². The van der Waals surface area contributed by atoms with E-state index in [1.807, 2.05) is 19.3 Å². The lowest BCUT2D eigenvalue weighted by Gasteiger charge is -2.26. The molecule has 1 fully saturated rings. The van der Waals surface area contributed by atoms with Crippen molar-refractivity contribution in [3.8, 4) is 11.1 Å². The van der Waals surface area contributed by atoms with E-state index in [0.29, 0.717) is 18.4 Å². The van der Waals surface area contributed by atoms with Gasteiger partial charge in [0.1, 0.15) is 0 Å². The molecule has 3 unspecified atom stereocenters. The first-order valence-corrected chi connectivity index (χ1v) is 11.7. The summed E-state index contributed by atoms with van der Waals surface area (Å²) in [6.45, 7) is 3.55. The van der Waals surface area contributed by atoms with Crippen LogP contribution in [0, 0.1) is 17.8 Å². The lowest BCUT2D eigenvalue weighted by molar-refractivity contribution is -0.124. The van der Waals surface area contributed by atoms with Crippen LogP contribution in [0.4, 0.5) is 0 Å². The van der Waals surface area contributed by atoms with Crippen molar-refractivity contribution in [3.63, 3.8) is 0 Å². The number of aliphatic imine (C=N–C) groups is 1. The molecule has 5 nitrogen and oxygen atoms in total. The number of nitrogens with zero attached hydrogens (tertiary/aromatic N) is 2. The molecule has 2 N–H and O–H groups in total. The molecule has 0 spiro atoms. The van der Waals surface area contributed by atoms with Gasteiger partial charge in [0.25, 0.3) is 0 Å². The van der Waals surface area contributed by atoms with Gasteiger partial charge in [-0.15, -0.1) is 0 Å². The molecule has 3 aromatic rings. The van der Waals surface area contributed by atoms with Crippen LogP contribution in [0.25, 0.3) is 27.6 Å². The van der Waals surface area contributed by atoms with Crippen LogP contribution in [0.3, 0.4) is 0 Å². The van der Waals surface area contributed by atoms with Gasteiger partial charge in [-0.3, -0.25) is 14.9 Å². The van der Waals surface area contributed by atoms with E-state index in [2.05, 4.69) is 69.0 Å². The van der Waals surface area contributed by atoms with Gasteiger partial charge in [0.15, 0.2) is 0 Å². The molecule has 1 aliphatic carbocycles. The fourth-order valence-electron chi connectivity index (χ4n) is 5.50. The van der Waals surface area contributed by atoms with Crippen LogP contribution >= 0.6 is 0 Å². The molecule has 2 heterocycles. The largest absolute Gasteiger partial charge is 0.356 e. The second kappa shape index (κ2) is 9.11.